The van der Waals surface area contributed by atoms with Gasteiger partial charge in [-0.2, -0.15) is 0 Å². The van der Waals surface area contributed by atoms with E-state index in [2.05, 4.69) is 26.1 Å². The van der Waals surface area contributed by atoms with Crippen LogP contribution in [0.25, 0.3) is 5.69 Å². The first-order valence-corrected chi connectivity index (χ1v) is 10.7. The number of benzene rings is 1. The molecular weight excluding hydrogens is 442 g/mol. The summed E-state index contributed by atoms with van der Waals surface area (Å²) >= 11 is 0. The molecule has 2 unspecified atom stereocenters. The summed E-state index contributed by atoms with van der Waals surface area (Å²) in [5, 5.41) is 17.0. The van der Waals surface area contributed by atoms with Gasteiger partial charge >= 0.3 is 0 Å². The highest BCUT2D eigenvalue weighted by Gasteiger charge is 2.39. The molecule has 5 rings (SSSR count). The number of piperidine rings is 1. The van der Waals surface area contributed by atoms with E-state index in [9.17, 15) is 19.2 Å². The van der Waals surface area contributed by atoms with Gasteiger partial charge in [0, 0.05) is 24.6 Å². The Balaban J connectivity index is 1.31. The van der Waals surface area contributed by atoms with Crippen LogP contribution in [0.15, 0.2) is 35.0 Å². The molecule has 0 saturated carbocycles. The van der Waals surface area contributed by atoms with Crippen molar-refractivity contribution in [2.75, 3.05) is 0 Å². The summed E-state index contributed by atoms with van der Waals surface area (Å²) < 4.78 is 6.48. The molecule has 12 nitrogen and oxygen atoms in total. The quantitative estimate of drug-likeness (QED) is 0.528. The minimum Gasteiger partial charge on any atom is -0.361 e. The smallest absolute Gasteiger partial charge is 0.274 e. The van der Waals surface area contributed by atoms with Crippen LogP contribution in [0.1, 0.15) is 63.7 Å². The Bertz CT molecular complexity index is 1330. The molecule has 2 N–H and O–H groups in total. The number of nitrogens with zero attached hydrogens (tertiary/aromatic N) is 5. The Morgan fingerprint density at radius 3 is 2.82 bits per heavy atom. The van der Waals surface area contributed by atoms with Gasteiger partial charge in [-0.1, -0.05) is 10.4 Å². The number of fused-ring (bicyclic) bond motifs is 1. The fraction of sp³-hybridized carbons (Fsp3) is 0.318. The topological polar surface area (TPSA) is 152 Å². The third kappa shape index (κ3) is 3.83. The zero-order valence-corrected chi connectivity index (χ0v) is 18.4. The van der Waals surface area contributed by atoms with Crippen molar-refractivity contribution in [2.45, 2.75) is 45.3 Å². The Morgan fingerprint density at radius 2 is 2.09 bits per heavy atom. The van der Waals surface area contributed by atoms with E-state index in [1.165, 1.54) is 15.8 Å². The Kier molecular flexibility index (Phi) is 5.19. The van der Waals surface area contributed by atoms with Gasteiger partial charge in [0.25, 0.3) is 11.8 Å². The number of aromatic nitrogens is 4. The second kappa shape index (κ2) is 8.21. The summed E-state index contributed by atoms with van der Waals surface area (Å²) in [6.07, 6.45) is 1.98. The monoisotopic (exact) mass is 463 g/mol. The van der Waals surface area contributed by atoms with Crippen LogP contribution >= 0.6 is 0 Å². The van der Waals surface area contributed by atoms with Crippen LogP contribution in [0.3, 0.4) is 0 Å². The first kappa shape index (κ1) is 21.5. The third-order valence-corrected chi connectivity index (χ3v) is 5.94. The van der Waals surface area contributed by atoms with Crippen LogP contribution < -0.4 is 10.6 Å². The molecule has 2 atom stereocenters. The lowest BCUT2D eigenvalue weighted by Crippen LogP contribution is -2.52. The van der Waals surface area contributed by atoms with E-state index < -0.39 is 17.9 Å². The van der Waals surface area contributed by atoms with Crippen molar-refractivity contribution in [2.24, 2.45) is 0 Å². The summed E-state index contributed by atoms with van der Waals surface area (Å²) in [6, 6.07) is 5.82. The van der Waals surface area contributed by atoms with Crippen LogP contribution in [-0.2, 0) is 16.1 Å². The maximum atomic E-state index is 12.8. The van der Waals surface area contributed by atoms with Crippen molar-refractivity contribution >= 4 is 23.6 Å². The van der Waals surface area contributed by atoms with Crippen molar-refractivity contribution in [3.05, 3.63) is 58.7 Å². The predicted octanol–water partition coefficient (Wildman–Crippen LogP) is 0.816. The molecule has 0 aliphatic carbocycles. The highest BCUT2D eigenvalue weighted by Crippen LogP contribution is 2.29. The van der Waals surface area contributed by atoms with Crippen molar-refractivity contribution in [1.29, 1.82) is 0 Å². The molecule has 0 bridgehead atoms. The number of hydrogen-bond donors (Lipinski definition) is 2. The van der Waals surface area contributed by atoms with E-state index in [1.54, 1.807) is 38.1 Å². The molecule has 12 heteroatoms. The standard InChI is InChI=1S/C22H21N7O5/c1-11-7-16(26-34-11)12(2)23-20(31)17-10-29(27-25-17)14-3-4-15-13(8-14)9-28(22(15)33)18-5-6-19(30)24-21(18)32/h3-4,7-8,10,12,18H,5-6,9H2,1-2H3,(H,23,31)(H,24,30,32). The summed E-state index contributed by atoms with van der Waals surface area (Å²) in [7, 11) is 0. The minimum atomic E-state index is -0.682. The van der Waals surface area contributed by atoms with E-state index in [0.29, 0.717) is 29.1 Å². The molecule has 34 heavy (non-hydrogen) atoms. The summed E-state index contributed by atoms with van der Waals surface area (Å²) in [5.74, 6) is -0.816. The molecule has 0 spiro atoms. The van der Waals surface area contributed by atoms with Gasteiger partial charge in [-0.05, 0) is 44.0 Å². The Labute approximate surface area is 193 Å². The molecule has 3 aromatic rings. The molecule has 2 aromatic heterocycles. The zero-order valence-electron chi connectivity index (χ0n) is 18.4. The molecule has 4 heterocycles. The van der Waals surface area contributed by atoms with Gasteiger partial charge in [-0.15, -0.1) is 5.10 Å². The third-order valence-electron chi connectivity index (χ3n) is 5.94. The van der Waals surface area contributed by atoms with Crippen LogP contribution in [0.5, 0.6) is 0 Å². The lowest BCUT2D eigenvalue weighted by Gasteiger charge is -2.29. The normalized spacial score (nSPS) is 18.6. The van der Waals surface area contributed by atoms with Crippen molar-refractivity contribution < 1.29 is 23.7 Å². The zero-order chi connectivity index (χ0) is 24.0. The van der Waals surface area contributed by atoms with E-state index in [0.717, 1.165) is 5.56 Å². The molecule has 1 saturated heterocycles. The number of imide groups is 1. The number of hydrogen-bond acceptors (Lipinski definition) is 8. The van der Waals surface area contributed by atoms with Gasteiger partial charge in [0.15, 0.2) is 5.69 Å². The maximum Gasteiger partial charge on any atom is 0.274 e. The van der Waals surface area contributed by atoms with Crippen LogP contribution in [0.2, 0.25) is 0 Å². The lowest BCUT2D eigenvalue weighted by atomic mass is 10.0. The molecule has 2 aliphatic rings. The summed E-state index contributed by atoms with van der Waals surface area (Å²) in [4.78, 5) is 50.6. The predicted molar refractivity (Wildman–Crippen MR) is 115 cm³/mol. The first-order valence-electron chi connectivity index (χ1n) is 10.7. The highest BCUT2D eigenvalue weighted by molar-refractivity contribution is 6.05. The SMILES string of the molecule is Cc1cc(C(C)NC(=O)c2cn(-c3ccc4c(c3)CN(C3CCC(=O)NC3=O)C4=O)nn2)no1. The van der Waals surface area contributed by atoms with E-state index in [1.807, 2.05) is 0 Å². The van der Waals surface area contributed by atoms with E-state index in [4.69, 9.17) is 4.52 Å². The Hall–Kier alpha value is -4.35. The van der Waals surface area contributed by atoms with Crippen LogP contribution in [0.4, 0.5) is 0 Å². The number of carbonyl (C=O) groups excluding carboxylic acids is 4. The second-order valence-electron chi connectivity index (χ2n) is 8.35. The molecule has 1 fully saturated rings. The number of amides is 4. The van der Waals surface area contributed by atoms with Gasteiger partial charge in [-0.3, -0.25) is 24.5 Å². The minimum absolute atomic E-state index is 0.119. The number of nitrogens with one attached hydrogen (secondary N) is 2. The molecule has 4 amide bonds. The van der Waals surface area contributed by atoms with Crippen molar-refractivity contribution in [1.82, 2.24) is 35.7 Å². The molecule has 2 aliphatic heterocycles. The fourth-order valence-electron chi connectivity index (χ4n) is 4.13. The largest absolute Gasteiger partial charge is 0.361 e. The van der Waals surface area contributed by atoms with Gasteiger partial charge in [0.1, 0.15) is 17.5 Å². The number of rotatable bonds is 5. The first-order chi connectivity index (χ1) is 16.3. The van der Waals surface area contributed by atoms with Crippen LogP contribution in [-0.4, -0.2) is 54.7 Å². The lowest BCUT2D eigenvalue weighted by molar-refractivity contribution is -0.136. The van der Waals surface area contributed by atoms with Gasteiger partial charge in [-0.25, -0.2) is 4.68 Å². The molecule has 0 radical (unpaired) electrons. The van der Waals surface area contributed by atoms with Crippen LogP contribution in [0, 0.1) is 6.92 Å². The average Bonchev–Trinajstić information content (AvgIpc) is 3.53. The second-order valence-corrected chi connectivity index (χ2v) is 8.35. The summed E-state index contributed by atoms with van der Waals surface area (Å²) in [6.45, 7) is 3.79. The van der Waals surface area contributed by atoms with Crippen molar-refractivity contribution in [3.63, 3.8) is 0 Å². The molecule has 1 aromatic carbocycles. The number of carbonyl (C=O) groups is 4. The van der Waals surface area contributed by atoms with E-state index in [-0.39, 0.29) is 36.5 Å². The molecular formula is C22H21N7O5. The Morgan fingerprint density at radius 1 is 1.26 bits per heavy atom. The van der Waals surface area contributed by atoms with Gasteiger partial charge < -0.3 is 14.7 Å². The van der Waals surface area contributed by atoms with Gasteiger partial charge in [0.2, 0.25) is 11.8 Å². The number of aryl methyl sites for hydroxylation is 1. The average molecular weight is 463 g/mol. The maximum absolute atomic E-state index is 12.8. The fourth-order valence-corrected chi connectivity index (χ4v) is 4.13. The molecule has 174 valence electrons. The van der Waals surface area contributed by atoms with Crippen molar-refractivity contribution in [3.8, 4) is 5.69 Å². The van der Waals surface area contributed by atoms with E-state index >= 15 is 0 Å². The van der Waals surface area contributed by atoms with Gasteiger partial charge in [0.05, 0.1) is 17.9 Å². The summed E-state index contributed by atoms with van der Waals surface area (Å²) in [5.41, 5.74) is 2.55. The highest BCUT2D eigenvalue weighted by atomic mass is 16.5.